The Morgan fingerprint density at radius 1 is 1.07 bits per heavy atom. The standard InChI is InChI=1S/C23H25N3O4/c27-19-10-17-12-25(9-7-22(17)29-15-19)23(28)26-13-18(14-26)16-3-5-20(6-4-16)30-21-2-1-8-24-11-21/h1-6,8,11,17-18,22H,7,9-10,12-15H2/t17-,22+/m1/s1. The second kappa shape index (κ2) is 8.07. The van der Waals surface area contributed by atoms with Crippen LogP contribution in [0.3, 0.4) is 0 Å². The summed E-state index contributed by atoms with van der Waals surface area (Å²) in [4.78, 5) is 32.4. The van der Waals surface area contributed by atoms with E-state index in [1.165, 1.54) is 5.56 Å². The molecule has 2 amide bonds. The minimum atomic E-state index is 0.0826. The van der Waals surface area contributed by atoms with Crippen LogP contribution < -0.4 is 4.74 Å². The first kappa shape index (κ1) is 19.1. The number of carbonyl (C=O) groups is 2. The maximum absolute atomic E-state index is 12.9. The molecule has 0 N–H and O–H groups in total. The van der Waals surface area contributed by atoms with Crippen LogP contribution in [-0.4, -0.2) is 65.5 Å². The molecule has 1 aromatic heterocycles. The number of ether oxygens (including phenoxy) is 2. The average Bonchev–Trinajstić information content (AvgIpc) is 2.74. The molecule has 0 saturated carbocycles. The largest absolute Gasteiger partial charge is 0.456 e. The van der Waals surface area contributed by atoms with E-state index in [9.17, 15) is 9.59 Å². The van der Waals surface area contributed by atoms with Crippen LogP contribution in [0.1, 0.15) is 24.3 Å². The average molecular weight is 407 g/mol. The van der Waals surface area contributed by atoms with Gasteiger partial charge in [-0.15, -0.1) is 0 Å². The van der Waals surface area contributed by atoms with Gasteiger partial charge in [0.25, 0.3) is 0 Å². The summed E-state index contributed by atoms with van der Waals surface area (Å²) in [6, 6.07) is 11.8. The first-order valence-electron chi connectivity index (χ1n) is 10.5. The lowest BCUT2D eigenvalue weighted by atomic mass is 9.87. The van der Waals surface area contributed by atoms with Gasteiger partial charge in [0.05, 0.1) is 12.3 Å². The molecule has 0 unspecified atom stereocenters. The second-order valence-electron chi connectivity index (χ2n) is 8.33. The van der Waals surface area contributed by atoms with Crippen molar-refractivity contribution in [2.24, 2.45) is 5.92 Å². The van der Waals surface area contributed by atoms with Crippen molar-refractivity contribution in [3.05, 3.63) is 54.4 Å². The molecule has 7 heteroatoms. The smallest absolute Gasteiger partial charge is 0.320 e. The van der Waals surface area contributed by atoms with Crippen LogP contribution in [-0.2, 0) is 9.53 Å². The molecule has 1 aromatic carbocycles. The van der Waals surface area contributed by atoms with Crippen molar-refractivity contribution in [2.75, 3.05) is 32.8 Å². The Morgan fingerprint density at radius 3 is 2.67 bits per heavy atom. The Morgan fingerprint density at radius 2 is 1.90 bits per heavy atom. The summed E-state index contributed by atoms with van der Waals surface area (Å²) >= 11 is 0. The monoisotopic (exact) mass is 407 g/mol. The van der Waals surface area contributed by atoms with Gasteiger partial charge in [-0.3, -0.25) is 9.78 Å². The number of benzene rings is 1. The van der Waals surface area contributed by atoms with Gasteiger partial charge in [-0.2, -0.15) is 0 Å². The van der Waals surface area contributed by atoms with Crippen LogP contribution in [0, 0.1) is 5.92 Å². The molecule has 2 aromatic rings. The number of likely N-dealkylation sites (tertiary alicyclic amines) is 2. The van der Waals surface area contributed by atoms with Gasteiger partial charge >= 0.3 is 6.03 Å². The van der Waals surface area contributed by atoms with Crippen molar-refractivity contribution >= 4 is 11.8 Å². The molecular weight excluding hydrogens is 382 g/mol. The number of aromatic nitrogens is 1. The van der Waals surface area contributed by atoms with Gasteiger partial charge in [-0.1, -0.05) is 12.1 Å². The molecule has 0 spiro atoms. The van der Waals surface area contributed by atoms with Crippen LogP contribution in [0.25, 0.3) is 0 Å². The number of piperidine rings is 1. The molecule has 3 saturated heterocycles. The van der Waals surface area contributed by atoms with Gasteiger partial charge in [0.2, 0.25) is 0 Å². The summed E-state index contributed by atoms with van der Waals surface area (Å²) in [7, 11) is 0. The van der Waals surface area contributed by atoms with Crippen molar-refractivity contribution in [1.29, 1.82) is 0 Å². The molecule has 156 valence electrons. The van der Waals surface area contributed by atoms with Crippen molar-refractivity contribution < 1.29 is 19.1 Å². The molecule has 30 heavy (non-hydrogen) atoms. The van der Waals surface area contributed by atoms with E-state index in [0.717, 1.165) is 25.3 Å². The van der Waals surface area contributed by atoms with Gasteiger partial charge in [0, 0.05) is 50.6 Å². The molecule has 3 fully saturated rings. The number of nitrogens with zero attached hydrogens (tertiary/aromatic N) is 3. The van der Waals surface area contributed by atoms with E-state index in [2.05, 4.69) is 17.1 Å². The number of fused-ring (bicyclic) bond motifs is 1. The first-order chi connectivity index (χ1) is 14.7. The van der Waals surface area contributed by atoms with Gasteiger partial charge < -0.3 is 19.3 Å². The molecular formula is C23H25N3O4. The van der Waals surface area contributed by atoms with E-state index in [1.807, 2.05) is 34.1 Å². The lowest BCUT2D eigenvalue weighted by molar-refractivity contribution is -0.140. The van der Waals surface area contributed by atoms with Crippen LogP contribution in [0.5, 0.6) is 11.5 Å². The predicted octanol–water partition coefficient (Wildman–Crippen LogP) is 3.07. The van der Waals surface area contributed by atoms with E-state index in [4.69, 9.17) is 9.47 Å². The fourth-order valence-electron chi connectivity index (χ4n) is 4.55. The molecule has 0 bridgehead atoms. The maximum Gasteiger partial charge on any atom is 0.320 e. The van der Waals surface area contributed by atoms with Crippen molar-refractivity contribution in [2.45, 2.75) is 24.9 Å². The minimum Gasteiger partial charge on any atom is -0.456 e. The van der Waals surface area contributed by atoms with E-state index in [0.29, 0.717) is 31.2 Å². The van der Waals surface area contributed by atoms with E-state index >= 15 is 0 Å². The third kappa shape index (κ3) is 3.89. The van der Waals surface area contributed by atoms with Crippen LogP contribution >= 0.6 is 0 Å². The van der Waals surface area contributed by atoms with Crippen LogP contribution in [0.15, 0.2) is 48.8 Å². The number of ketones is 1. The summed E-state index contributed by atoms with van der Waals surface area (Å²) in [6.07, 6.45) is 4.87. The summed E-state index contributed by atoms with van der Waals surface area (Å²) in [5.41, 5.74) is 1.21. The van der Waals surface area contributed by atoms with E-state index in [-0.39, 0.29) is 30.4 Å². The number of Topliss-reactive ketones (excluding diaryl/α,β-unsaturated/α-hetero) is 1. The molecule has 3 aliphatic heterocycles. The number of pyridine rings is 1. The number of hydrogen-bond donors (Lipinski definition) is 0. The van der Waals surface area contributed by atoms with Gasteiger partial charge in [0.1, 0.15) is 18.1 Å². The third-order valence-corrected chi connectivity index (χ3v) is 6.26. The fraction of sp³-hybridized carbons (Fsp3) is 0.435. The Balaban J connectivity index is 1.13. The molecule has 7 nitrogen and oxygen atoms in total. The highest BCUT2D eigenvalue weighted by Crippen LogP contribution is 2.32. The number of carbonyl (C=O) groups excluding carboxylic acids is 2. The highest BCUT2D eigenvalue weighted by Gasteiger charge is 2.40. The van der Waals surface area contributed by atoms with Gasteiger partial charge in [-0.05, 0) is 36.2 Å². The van der Waals surface area contributed by atoms with E-state index in [1.54, 1.807) is 12.4 Å². The van der Waals surface area contributed by atoms with E-state index < -0.39 is 0 Å². The Bertz CT molecular complexity index is 912. The highest BCUT2D eigenvalue weighted by atomic mass is 16.5. The van der Waals surface area contributed by atoms with Gasteiger partial charge in [-0.25, -0.2) is 4.79 Å². The Hall–Kier alpha value is -2.93. The van der Waals surface area contributed by atoms with Crippen molar-refractivity contribution in [3.8, 4) is 11.5 Å². The van der Waals surface area contributed by atoms with Crippen LogP contribution in [0.2, 0.25) is 0 Å². The lowest BCUT2D eigenvalue weighted by Gasteiger charge is -2.46. The summed E-state index contributed by atoms with van der Waals surface area (Å²) in [5, 5.41) is 0. The lowest BCUT2D eigenvalue weighted by Crippen LogP contribution is -2.58. The molecule has 2 atom stereocenters. The SMILES string of the molecule is O=C1CO[C@H]2CCN(C(=O)N3CC(c4ccc(Oc5cccnc5)cc4)C3)C[C@H]2C1. The zero-order valence-electron chi connectivity index (χ0n) is 16.8. The Kier molecular flexibility index (Phi) is 5.12. The first-order valence-corrected chi connectivity index (χ1v) is 10.5. The molecule has 4 heterocycles. The molecule has 0 aliphatic carbocycles. The Labute approximate surface area is 175 Å². The molecule has 5 rings (SSSR count). The maximum atomic E-state index is 12.9. The van der Waals surface area contributed by atoms with Gasteiger partial charge in [0.15, 0.2) is 5.78 Å². The summed E-state index contributed by atoms with van der Waals surface area (Å²) < 4.78 is 11.4. The minimum absolute atomic E-state index is 0.0826. The molecule has 0 radical (unpaired) electrons. The summed E-state index contributed by atoms with van der Waals surface area (Å²) in [6.45, 7) is 3.00. The number of urea groups is 1. The number of hydrogen-bond acceptors (Lipinski definition) is 5. The van der Waals surface area contributed by atoms with Crippen LogP contribution in [0.4, 0.5) is 4.79 Å². The summed E-state index contributed by atoms with van der Waals surface area (Å²) in [5.74, 6) is 2.11. The van der Waals surface area contributed by atoms with Crippen molar-refractivity contribution in [3.63, 3.8) is 0 Å². The molecule has 3 aliphatic rings. The fourth-order valence-corrected chi connectivity index (χ4v) is 4.55. The topological polar surface area (TPSA) is 72.0 Å². The zero-order valence-corrected chi connectivity index (χ0v) is 16.8. The predicted molar refractivity (Wildman–Crippen MR) is 110 cm³/mol. The van der Waals surface area contributed by atoms with Crippen molar-refractivity contribution in [1.82, 2.24) is 14.8 Å². The zero-order chi connectivity index (χ0) is 20.5. The third-order valence-electron chi connectivity index (χ3n) is 6.26. The normalized spacial score (nSPS) is 24.2. The number of amides is 2. The highest BCUT2D eigenvalue weighted by molar-refractivity contribution is 5.81. The second-order valence-corrected chi connectivity index (χ2v) is 8.33. The quantitative estimate of drug-likeness (QED) is 0.782. The number of rotatable bonds is 3.